The van der Waals surface area contributed by atoms with Crippen molar-refractivity contribution in [2.45, 2.75) is 9.79 Å². The minimum Gasteiger partial charge on any atom is -0.478 e. The fourth-order valence-electron chi connectivity index (χ4n) is 1.37. The molecule has 0 bridgehead atoms. The van der Waals surface area contributed by atoms with Crippen LogP contribution in [0.25, 0.3) is 0 Å². The maximum Gasteiger partial charge on any atom is 0.335 e. The molecule has 0 aliphatic heterocycles. The fourth-order valence-corrected chi connectivity index (χ4v) is 2.22. The van der Waals surface area contributed by atoms with E-state index >= 15 is 0 Å². The third-order valence-corrected chi connectivity index (χ3v) is 3.31. The third-order valence-electron chi connectivity index (χ3n) is 2.31. The Morgan fingerprint density at radius 1 is 1.11 bits per heavy atom. The molecule has 2 aromatic rings. The number of anilines is 1. The molecule has 2 rings (SSSR count). The van der Waals surface area contributed by atoms with Crippen molar-refractivity contribution in [3.8, 4) is 0 Å². The summed E-state index contributed by atoms with van der Waals surface area (Å²) in [6.07, 6.45) is 0. The summed E-state index contributed by atoms with van der Waals surface area (Å²) >= 11 is 1.34. The Morgan fingerprint density at radius 2 is 1.72 bits per heavy atom. The highest BCUT2D eigenvalue weighted by molar-refractivity contribution is 7.99. The summed E-state index contributed by atoms with van der Waals surface area (Å²) in [7, 11) is 0. The van der Waals surface area contributed by atoms with Crippen LogP contribution in [0.1, 0.15) is 10.4 Å². The number of hydrogen-bond donors (Lipinski definition) is 2. The van der Waals surface area contributed by atoms with Crippen molar-refractivity contribution in [1.29, 1.82) is 0 Å². The van der Waals surface area contributed by atoms with Gasteiger partial charge in [0.05, 0.1) is 11.3 Å². The van der Waals surface area contributed by atoms with Crippen molar-refractivity contribution < 1.29 is 14.3 Å². The Kier molecular flexibility index (Phi) is 3.53. The highest BCUT2D eigenvalue weighted by atomic mass is 32.2. The molecule has 0 saturated carbocycles. The summed E-state index contributed by atoms with van der Waals surface area (Å²) in [5.74, 6) is -1.42. The van der Waals surface area contributed by atoms with Gasteiger partial charge in [0.1, 0.15) is 5.82 Å². The molecule has 0 aromatic heterocycles. The average Bonchev–Trinajstić information content (AvgIpc) is 2.34. The zero-order chi connectivity index (χ0) is 13.1. The molecule has 92 valence electrons. The number of carboxylic acid groups (broad SMARTS) is 1. The van der Waals surface area contributed by atoms with Gasteiger partial charge in [0.25, 0.3) is 0 Å². The molecule has 0 radical (unpaired) electrons. The van der Waals surface area contributed by atoms with E-state index in [-0.39, 0.29) is 11.3 Å². The molecule has 2 aromatic carbocycles. The molecule has 0 heterocycles. The van der Waals surface area contributed by atoms with Crippen molar-refractivity contribution in [3.63, 3.8) is 0 Å². The molecule has 18 heavy (non-hydrogen) atoms. The van der Waals surface area contributed by atoms with E-state index < -0.39 is 11.8 Å². The van der Waals surface area contributed by atoms with E-state index in [1.165, 1.54) is 36.0 Å². The van der Waals surface area contributed by atoms with Gasteiger partial charge in [-0.05, 0) is 42.5 Å². The summed E-state index contributed by atoms with van der Waals surface area (Å²) in [5, 5.41) is 8.76. The van der Waals surface area contributed by atoms with Gasteiger partial charge in [-0.15, -0.1) is 0 Å². The smallest absolute Gasteiger partial charge is 0.335 e. The molecular weight excluding hydrogens is 253 g/mol. The summed E-state index contributed by atoms with van der Waals surface area (Å²) in [4.78, 5) is 12.2. The molecule has 0 spiro atoms. The molecule has 0 fully saturated rings. The van der Waals surface area contributed by atoms with Crippen LogP contribution in [-0.4, -0.2) is 11.1 Å². The van der Waals surface area contributed by atoms with Crippen LogP contribution >= 0.6 is 11.8 Å². The maximum absolute atomic E-state index is 13.2. The molecule has 0 amide bonds. The van der Waals surface area contributed by atoms with Crippen LogP contribution in [0.3, 0.4) is 0 Å². The summed E-state index contributed by atoms with van der Waals surface area (Å²) in [5.41, 5.74) is 5.72. The van der Waals surface area contributed by atoms with Crippen LogP contribution in [0.15, 0.2) is 52.3 Å². The van der Waals surface area contributed by atoms with Gasteiger partial charge in [-0.3, -0.25) is 0 Å². The lowest BCUT2D eigenvalue weighted by atomic mass is 10.2. The van der Waals surface area contributed by atoms with Gasteiger partial charge in [-0.2, -0.15) is 0 Å². The monoisotopic (exact) mass is 263 g/mol. The standard InChI is InChI=1S/C13H10FNO2S/c14-11-7-10(5-6-12(11)15)18-9-3-1-8(2-4-9)13(16)17/h1-7H,15H2,(H,16,17). The summed E-state index contributed by atoms with van der Waals surface area (Å²) < 4.78 is 13.2. The van der Waals surface area contributed by atoms with Crippen molar-refractivity contribution >= 4 is 23.4 Å². The Labute approximate surface area is 107 Å². The number of carboxylic acids is 1. The average molecular weight is 263 g/mol. The zero-order valence-electron chi connectivity index (χ0n) is 9.26. The number of hydrogen-bond acceptors (Lipinski definition) is 3. The number of nitrogens with two attached hydrogens (primary N) is 1. The minimum absolute atomic E-state index is 0.112. The number of benzene rings is 2. The lowest BCUT2D eigenvalue weighted by molar-refractivity contribution is 0.0697. The van der Waals surface area contributed by atoms with E-state index in [1.807, 2.05) is 0 Å². The van der Waals surface area contributed by atoms with Gasteiger partial charge in [-0.25, -0.2) is 9.18 Å². The first-order valence-electron chi connectivity index (χ1n) is 5.12. The first-order chi connectivity index (χ1) is 8.56. The molecule has 3 N–H and O–H groups in total. The second-order valence-electron chi connectivity index (χ2n) is 3.61. The van der Waals surface area contributed by atoms with Crippen LogP contribution < -0.4 is 5.73 Å². The number of halogens is 1. The predicted molar refractivity (Wildman–Crippen MR) is 68.3 cm³/mol. The summed E-state index contributed by atoms with van der Waals surface area (Å²) in [6.45, 7) is 0. The summed E-state index contributed by atoms with van der Waals surface area (Å²) in [6, 6.07) is 11.0. The van der Waals surface area contributed by atoms with Gasteiger partial charge in [-0.1, -0.05) is 11.8 Å². The Bertz CT molecular complexity index is 584. The minimum atomic E-state index is -0.968. The second kappa shape index (κ2) is 5.10. The van der Waals surface area contributed by atoms with E-state index in [9.17, 15) is 9.18 Å². The molecule has 3 nitrogen and oxygen atoms in total. The number of carbonyl (C=O) groups is 1. The third kappa shape index (κ3) is 2.81. The van der Waals surface area contributed by atoms with Crippen molar-refractivity contribution in [1.82, 2.24) is 0 Å². The number of aromatic carboxylic acids is 1. The van der Waals surface area contributed by atoms with Gasteiger partial charge >= 0.3 is 5.97 Å². The molecular formula is C13H10FNO2S. The van der Waals surface area contributed by atoms with Crippen molar-refractivity contribution in [2.75, 3.05) is 5.73 Å². The van der Waals surface area contributed by atoms with E-state index in [2.05, 4.69) is 0 Å². The van der Waals surface area contributed by atoms with Crippen LogP contribution in [0, 0.1) is 5.82 Å². The topological polar surface area (TPSA) is 63.3 Å². The van der Waals surface area contributed by atoms with E-state index in [1.54, 1.807) is 18.2 Å². The largest absolute Gasteiger partial charge is 0.478 e. The van der Waals surface area contributed by atoms with Crippen LogP contribution in [-0.2, 0) is 0 Å². The molecule has 0 unspecified atom stereocenters. The van der Waals surface area contributed by atoms with E-state index in [4.69, 9.17) is 10.8 Å². The van der Waals surface area contributed by atoms with Gasteiger partial charge < -0.3 is 10.8 Å². The van der Waals surface area contributed by atoms with Crippen LogP contribution in [0.2, 0.25) is 0 Å². The maximum atomic E-state index is 13.2. The van der Waals surface area contributed by atoms with Crippen LogP contribution in [0.5, 0.6) is 0 Å². The molecule has 0 atom stereocenters. The lowest BCUT2D eigenvalue weighted by Crippen LogP contribution is -1.94. The Balaban J connectivity index is 2.18. The highest BCUT2D eigenvalue weighted by Gasteiger charge is 2.04. The zero-order valence-corrected chi connectivity index (χ0v) is 10.1. The first-order valence-corrected chi connectivity index (χ1v) is 5.94. The first kappa shape index (κ1) is 12.4. The SMILES string of the molecule is Nc1ccc(Sc2ccc(C(=O)O)cc2)cc1F. The lowest BCUT2D eigenvalue weighted by Gasteiger charge is -2.03. The Morgan fingerprint density at radius 3 is 2.28 bits per heavy atom. The quantitative estimate of drug-likeness (QED) is 0.834. The van der Waals surface area contributed by atoms with Crippen molar-refractivity contribution in [3.05, 3.63) is 53.8 Å². The van der Waals surface area contributed by atoms with Gasteiger partial charge in [0, 0.05) is 9.79 Å². The fraction of sp³-hybridized carbons (Fsp3) is 0. The second-order valence-corrected chi connectivity index (χ2v) is 4.76. The van der Waals surface area contributed by atoms with Crippen LogP contribution in [0.4, 0.5) is 10.1 Å². The molecule has 0 saturated heterocycles. The molecule has 5 heteroatoms. The molecule has 0 aliphatic rings. The Hall–Kier alpha value is -2.01. The normalized spacial score (nSPS) is 10.3. The van der Waals surface area contributed by atoms with Gasteiger partial charge in [0.2, 0.25) is 0 Å². The predicted octanol–water partition coefficient (Wildman–Crippen LogP) is 3.26. The van der Waals surface area contributed by atoms with Crippen molar-refractivity contribution in [2.24, 2.45) is 0 Å². The van der Waals surface area contributed by atoms with E-state index in [0.717, 1.165) is 4.90 Å². The number of rotatable bonds is 3. The van der Waals surface area contributed by atoms with E-state index in [0.29, 0.717) is 4.90 Å². The molecule has 0 aliphatic carbocycles. The number of nitrogen functional groups attached to an aromatic ring is 1. The van der Waals surface area contributed by atoms with Gasteiger partial charge in [0.15, 0.2) is 0 Å². The highest BCUT2D eigenvalue weighted by Crippen LogP contribution is 2.29.